The Morgan fingerprint density at radius 2 is 1.31 bits per heavy atom. The number of anilines is 1. The van der Waals surface area contributed by atoms with E-state index < -0.39 is 49.1 Å². The predicted octanol–water partition coefficient (Wildman–Crippen LogP) is 5.56. The third-order valence-electron chi connectivity index (χ3n) is 5.84. The zero-order valence-electron chi connectivity index (χ0n) is 19.6. The molecule has 1 aromatic rings. The maximum absolute atomic E-state index is 14.7. The van der Waals surface area contributed by atoms with Gasteiger partial charge in [-0.25, -0.2) is 26.0 Å². The van der Waals surface area contributed by atoms with E-state index in [-0.39, 0.29) is 37.5 Å². The van der Waals surface area contributed by atoms with Gasteiger partial charge in [0.2, 0.25) is 0 Å². The second-order valence-electron chi connectivity index (χ2n) is 9.69. The highest BCUT2D eigenvalue weighted by atomic mass is 32.2. The van der Waals surface area contributed by atoms with Crippen molar-refractivity contribution < 1.29 is 30.7 Å². The lowest BCUT2D eigenvalue weighted by molar-refractivity contribution is -0.00566. The quantitative estimate of drug-likeness (QED) is 0.263. The fraction of sp³-hybridized carbons (Fsp3) is 0.739. The number of halogens is 4. The van der Waals surface area contributed by atoms with Crippen molar-refractivity contribution in [2.24, 2.45) is 0 Å². The molecule has 0 radical (unpaired) electrons. The molecule has 2 rings (SSSR count). The molecule has 0 saturated carbocycles. The number of ether oxygens (including phenoxy) is 1. The largest absolute Gasteiger partial charge is 0.372 e. The zero-order chi connectivity index (χ0) is 24.3. The first kappa shape index (κ1) is 26.9. The molecule has 9 heteroatoms. The number of morpholine rings is 1. The smallest absolute Gasteiger partial charge is 0.185 e. The molecular formula is C23H35F4NO3S. The highest BCUT2D eigenvalue weighted by Gasteiger charge is 2.32. The number of rotatable bonds is 9. The second kappa shape index (κ2) is 10.7. The van der Waals surface area contributed by atoms with Gasteiger partial charge in [-0.15, -0.1) is 0 Å². The van der Waals surface area contributed by atoms with Crippen LogP contribution in [-0.2, 0) is 21.0 Å². The summed E-state index contributed by atoms with van der Waals surface area (Å²) in [6.07, 6.45) is 2.02. The summed E-state index contributed by atoms with van der Waals surface area (Å²) < 4.78 is 87.5. The summed E-state index contributed by atoms with van der Waals surface area (Å²) in [6.45, 7) is 8.73. The molecule has 0 amide bonds. The van der Waals surface area contributed by atoms with Crippen LogP contribution in [0.4, 0.5) is 23.2 Å². The zero-order valence-corrected chi connectivity index (χ0v) is 20.4. The van der Waals surface area contributed by atoms with Gasteiger partial charge in [0.05, 0.1) is 22.7 Å². The van der Waals surface area contributed by atoms with Gasteiger partial charge in [-0.3, -0.25) is 0 Å². The molecule has 1 heterocycles. The molecule has 184 valence electrons. The summed E-state index contributed by atoms with van der Waals surface area (Å²) in [4.78, 5) is 1.30. The monoisotopic (exact) mass is 481 g/mol. The van der Waals surface area contributed by atoms with Crippen molar-refractivity contribution in [3.8, 4) is 0 Å². The average molecular weight is 482 g/mol. The first-order valence-corrected chi connectivity index (χ1v) is 12.9. The molecule has 0 unspecified atom stereocenters. The van der Waals surface area contributed by atoms with E-state index in [4.69, 9.17) is 4.74 Å². The Bertz CT molecular complexity index is 860. The number of benzene rings is 1. The molecule has 0 aromatic heterocycles. The number of nitrogens with zero attached hydrogens (tertiary/aromatic N) is 1. The summed E-state index contributed by atoms with van der Waals surface area (Å²) in [5.74, 6) is -5.33. The van der Waals surface area contributed by atoms with Crippen LogP contribution in [0.5, 0.6) is 0 Å². The van der Waals surface area contributed by atoms with Crippen molar-refractivity contribution in [3.05, 3.63) is 28.8 Å². The van der Waals surface area contributed by atoms with E-state index in [1.54, 1.807) is 34.6 Å². The Hall–Kier alpha value is -1.35. The fourth-order valence-electron chi connectivity index (χ4n) is 3.95. The molecule has 1 aromatic carbocycles. The molecule has 2 atom stereocenters. The topological polar surface area (TPSA) is 46.6 Å². The van der Waals surface area contributed by atoms with Crippen LogP contribution in [0.2, 0.25) is 0 Å². The van der Waals surface area contributed by atoms with Gasteiger partial charge in [0.1, 0.15) is 5.69 Å². The lowest BCUT2D eigenvalue weighted by atomic mass is 10.0. The van der Waals surface area contributed by atoms with Gasteiger partial charge < -0.3 is 9.64 Å². The minimum absolute atomic E-state index is 0.0937. The van der Waals surface area contributed by atoms with Crippen LogP contribution in [0.1, 0.15) is 72.3 Å². The highest BCUT2D eigenvalue weighted by Crippen LogP contribution is 2.33. The van der Waals surface area contributed by atoms with Gasteiger partial charge in [0.15, 0.2) is 33.1 Å². The standard InChI is InChI=1S/C23H35F4NO3S/c1-15-13-28(14-16(2)31-15)22-20(26)18(24)17(19(25)21(22)27)11-9-7-6-8-10-12-32(29,30)23(3,4)5/h15-16H,6-14H2,1-5H3/t15-,16+. The van der Waals surface area contributed by atoms with Crippen LogP contribution in [0.25, 0.3) is 0 Å². The Balaban J connectivity index is 1.95. The van der Waals surface area contributed by atoms with Crippen molar-refractivity contribution in [3.63, 3.8) is 0 Å². The van der Waals surface area contributed by atoms with Gasteiger partial charge in [-0.05, 0) is 53.9 Å². The van der Waals surface area contributed by atoms with Crippen LogP contribution in [0, 0.1) is 23.3 Å². The fourth-order valence-corrected chi connectivity index (χ4v) is 5.15. The minimum atomic E-state index is -3.17. The summed E-state index contributed by atoms with van der Waals surface area (Å²) in [5, 5.41) is 0. The SMILES string of the molecule is C[C@@H]1CN(c2c(F)c(F)c(CCCCCCCS(=O)(=O)C(C)(C)C)c(F)c2F)C[C@H](C)O1. The van der Waals surface area contributed by atoms with E-state index in [0.29, 0.717) is 32.1 Å². The number of hydrogen-bond donors (Lipinski definition) is 0. The molecule has 0 N–H and O–H groups in total. The molecule has 1 aliphatic heterocycles. The Morgan fingerprint density at radius 3 is 1.81 bits per heavy atom. The third-order valence-corrected chi connectivity index (χ3v) is 8.53. The molecule has 4 nitrogen and oxygen atoms in total. The number of sulfone groups is 1. The molecule has 0 spiro atoms. The highest BCUT2D eigenvalue weighted by molar-refractivity contribution is 7.92. The summed E-state index contributed by atoms with van der Waals surface area (Å²) >= 11 is 0. The first-order valence-electron chi connectivity index (χ1n) is 11.2. The number of unbranched alkanes of at least 4 members (excludes halogenated alkanes) is 4. The molecule has 1 saturated heterocycles. The molecule has 1 aliphatic rings. The van der Waals surface area contributed by atoms with Gasteiger partial charge in [0, 0.05) is 18.7 Å². The van der Waals surface area contributed by atoms with Crippen molar-refractivity contribution in [2.45, 2.75) is 90.1 Å². The van der Waals surface area contributed by atoms with Crippen LogP contribution < -0.4 is 4.90 Å². The van der Waals surface area contributed by atoms with Gasteiger partial charge in [-0.1, -0.05) is 19.3 Å². The van der Waals surface area contributed by atoms with E-state index in [1.165, 1.54) is 4.90 Å². The van der Waals surface area contributed by atoms with E-state index >= 15 is 0 Å². The van der Waals surface area contributed by atoms with Crippen molar-refractivity contribution in [1.29, 1.82) is 0 Å². The minimum Gasteiger partial charge on any atom is -0.372 e. The Morgan fingerprint density at radius 1 is 0.844 bits per heavy atom. The molecule has 0 bridgehead atoms. The Labute approximate surface area is 189 Å². The molecule has 1 fully saturated rings. The lowest BCUT2D eigenvalue weighted by Crippen LogP contribution is -2.46. The maximum Gasteiger partial charge on any atom is 0.185 e. The second-order valence-corrected chi connectivity index (χ2v) is 12.6. The van der Waals surface area contributed by atoms with Crippen LogP contribution in [0.15, 0.2) is 0 Å². The van der Waals surface area contributed by atoms with Gasteiger partial charge in [0.25, 0.3) is 0 Å². The van der Waals surface area contributed by atoms with Crippen molar-refractivity contribution >= 4 is 15.5 Å². The summed E-state index contributed by atoms with van der Waals surface area (Å²) in [7, 11) is -3.17. The predicted molar refractivity (Wildman–Crippen MR) is 119 cm³/mol. The molecule has 32 heavy (non-hydrogen) atoms. The van der Waals surface area contributed by atoms with Gasteiger partial charge in [-0.2, -0.15) is 0 Å². The van der Waals surface area contributed by atoms with Crippen molar-refractivity contribution in [1.82, 2.24) is 0 Å². The van der Waals surface area contributed by atoms with Crippen LogP contribution in [0.3, 0.4) is 0 Å². The molecule has 0 aliphatic carbocycles. The Kier molecular flexibility index (Phi) is 9.01. The van der Waals surface area contributed by atoms with Crippen LogP contribution >= 0.6 is 0 Å². The normalized spacial score (nSPS) is 20.1. The lowest BCUT2D eigenvalue weighted by Gasteiger charge is -2.37. The van der Waals surface area contributed by atoms with E-state index in [1.807, 2.05) is 0 Å². The van der Waals surface area contributed by atoms with E-state index in [9.17, 15) is 26.0 Å². The first-order chi connectivity index (χ1) is 14.8. The summed E-state index contributed by atoms with van der Waals surface area (Å²) in [5.41, 5.74) is -1.25. The number of hydrogen-bond acceptors (Lipinski definition) is 4. The summed E-state index contributed by atoms with van der Waals surface area (Å²) in [6, 6.07) is 0. The molecular weight excluding hydrogens is 446 g/mol. The van der Waals surface area contributed by atoms with Crippen molar-refractivity contribution in [2.75, 3.05) is 23.7 Å². The van der Waals surface area contributed by atoms with Gasteiger partial charge >= 0.3 is 0 Å². The van der Waals surface area contributed by atoms with Crippen LogP contribution in [-0.4, -0.2) is 44.2 Å². The maximum atomic E-state index is 14.7. The third kappa shape index (κ3) is 6.37. The van der Waals surface area contributed by atoms with E-state index in [2.05, 4.69) is 0 Å². The van der Waals surface area contributed by atoms with E-state index in [0.717, 1.165) is 0 Å². The average Bonchev–Trinajstić information content (AvgIpc) is 2.66.